The van der Waals surface area contributed by atoms with Crippen molar-refractivity contribution in [3.05, 3.63) is 33.7 Å². The summed E-state index contributed by atoms with van der Waals surface area (Å²) in [5.74, 6) is -0.171. The van der Waals surface area contributed by atoms with Gasteiger partial charge in [-0.25, -0.2) is 0 Å². The topological polar surface area (TPSA) is 85.8 Å². The normalized spacial score (nSPS) is 9.14. The number of pyridine rings is 1. The van der Waals surface area contributed by atoms with Crippen molar-refractivity contribution in [1.29, 1.82) is 5.26 Å². The number of H-pyrrole nitrogens is 1. The zero-order valence-electron chi connectivity index (χ0n) is 7.63. The summed E-state index contributed by atoms with van der Waals surface area (Å²) in [6.45, 7) is 1.65. The molecule has 0 spiro atoms. The minimum atomic E-state index is -0.435. The van der Waals surface area contributed by atoms with E-state index in [0.717, 1.165) is 0 Å². The molecule has 1 heterocycles. The van der Waals surface area contributed by atoms with Gasteiger partial charge in [0.25, 0.3) is 5.56 Å². The number of rotatable bonds is 2. The van der Waals surface area contributed by atoms with Gasteiger partial charge in [0.15, 0.2) is 0 Å². The summed E-state index contributed by atoms with van der Waals surface area (Å²) >= 11 is 0. The molecule has 0 atom stereocenters. The molecular weight excluding hydrogens is 182 g/mol. The first-order chi connectivity index (χ1) is 6.63. The Bertz CT molecular complexity index is 442. The fourth-order valence-corrected chi connectivity index (χ4v) is 0.925. The molecule has 1 aromatic rings. The van der Waals surface area contributed by atoms with Gasteiger partial charge in [-0.05, 0) is 12.1 Å². The van der Waals surface area contributed by atoms with Gasteiger partial charge in [0.05, 0.1) is 6.54 Å². The van der Waals surface area contributed by atoms with E-state index >= 15 is 0 Å². The van der Waals surface area contributed by atoms with Crippen molar-refractivity contribution >= 4 is 5.91 Å². The Hall–Kier alpha value is -2.09. The average Bonchev–Trinajstić information content (AvgIpc) is 2.15. The molecule has 0 aliphatic heterocycles. The second-order valence-corrected chi connectivity index (χ2v) is 2.75. The predicted molar refractivity (Wildman–Crippen MR) is 49.3 cm³/mol. The highest BCUT2D eigenvalue weighted by Gasteiger charge is 1.99. The number of amides is 1. The smallest absolute Gasteiger partial charge is 0.266 e. The molecule has 0 aliphatic rings. The lowest BCUT2D eigenvalue weighted by molar-refractivity contribution is -0.119. The molecule has 0 unspecified atom stereocenters. The molecule has 0 fully saturated rings. The summed E-state index contributed by atoms with van der Waals surface area (Å²) in [5, 5.41) is 11.0. The summed E-state index contributed by atoms with van der Waals surface area (Å²) in [6, 6.07) is 4.78. The van der Waals surface area contributed by atoms with Crippen molar-refractivity contribution in [3.8, 4) is 6.07 Å². The van der Waals surface area contributed by atoms with E-state index in [-0.39, 0.29) is 18.0 Å². The minimum absolute atomic E-state index is 0.0663. The number of aromatic nitrogens is 1. The van der Waals surface area contributed by atoms with E-state index in [1.807, 2.05) is 0 Å². The number of carbonyl (C=O) groups excluding carboxylic acids is 1. The molecule has 1 rings (SSSR count). The monoisotopic (exact) mass is 191 g/mol. The SMILES string of the molecule is CC(=O)NCc1ccc(C#N)c(=O)[nH]1. The third-order valence-electron chi connectivity index (χ3n) is 1.62. The molecule has 0 saturated heterocycles. The van der Waals surface area contributed by atoms with Crippen LogP contribution in [0.2, 0.25) is 0 Å². The highest BCUT2D eigenvalue weighted by atomic mass is 16.1. The zero-order chi connectivity index (χ0) is 10.6. The van der Waals surface area contributed by atoms with E-state index in [1.54, 1.807) is 12.1 Å². The Morgan fingerprint density at radius 2 is 2.36 bits per heavy atom. The molecule has 72 valence electrons. The molecule has 1 amide bonds. The van der Waals surface area contributed by atoms with Crippen molar-refractivity contribution in [2.45, 2.75) is 13.5 Å². The maximum Gasteiger partial charge on any atom is 0.266 e. The number of hydrogen-bond donors (Lipinski definition) is 2. The molecule has 1 aromatic heterocycles. The number of nitriles is 1. The number of hydrogen-bond acceptors (Lipinski definition) is 3. The number of nitrogens with zero attached hydrogens (tertiary/aromatic N) is 1. The van der Waals surface area contributed by atoms with Crippen LogP contribution in [0.15, 0.2) is 16.9 Å². The van der Waals surface area contributed by atoms with Gasteiger partial charge in [-0.1, -0.05) is 0 Å². The van der Waals surface area contributed by atoms with Gasteiger partial charge in [-0.2, -0.15) is 5.26 Å². The van der Waals surface area contributed by atoms with E-state index in [0.29, 0.717) is 5.69 Å². The first-order valence-corrected chi connectivity index (χ1v) is 4.00. The second-order valence-electron chi connectivity index (χ2n) is 2.75. The maximum absolute atomic E-state index is 11.1. The van der Waals surface area contributed by atoms with Crippen molar-refractivity contribution in [2.24, 2.45) is 0 Å². The third kappa shape index (κ3) is 2.45. The van der Waals surface area contributed by atoms with Crippen LogP contribution in [0.3, 0.4) is 0 Å². The van der Waals surface area contributed by atoms with Crippen molar-refractivity contribution in [3.63, 3.8) is 0 Å². The summed E-state index contributed by atoms with van der Waals surface area (Å²) < 4.78 is 0. The molecule has 0 radical (unpaired) electrons. The Kier molecular flexibility index (Phi) is 3.02. The number of carbonyl (C=O) groups is 1. The van der Waals surface area contributed by atoms with Crippen LogP contribution in [0.1, 0.15) is 18.2 Å². The lowest BCUT2D eigenvalue weighted by Gasteiger charge is -2.01. The molecule has 5 heteroatoms. The van der Waals surface area contributed by atoms with Gasteiger partial charge in [0, 0.05) is 12.6 Å². The standard InChI is InChI=1S/C9H9N3O2/c1-6(13)11-5-8-3-2-7(4-10)9(14)12-8/h2-3H,5H2,1H3,(H,11,13)(H,12,14). The lowest BCUT2D eigenvalue weighted by Crippen LogP contribution is -2.22. The first-order valence-electron chi connectivity index (χ1n) is 4.00. The van der Waals surface area contributed by atoms with E-state index in [2.05, 4.69) is 10.3 Å². The Morgan fingerprint density at radius 3 is 2.86 bits per heavy atom. The summed E-state index contributed by atoms with van der Waals surface area (Å²) in [4.78, 5) is 24.2. The molecule has 2 N–H and O–H groups in total. The van der Waals surface area contributed by atoms with E-state index in [1.165, 1.54) is 13.0 Å². The van der Waals surface area contributed by atoms with Crippen LogP contribution >= 0.6 is 0 Å². The quantitative estimate of drug-likeness (QED) is 0.683. The van der Waals surface area contributed by atoms with Crippen molar-refractivity contribution in [2.75, 3.05) is 0 Å². The van der Waals surface area contributed by atoms with Crippen LogP contribution in [0, 0.1) is 11.3 Å². The van der Waals surface area contributed by atoms with Gasteiger partial charge >= 0.3 is 0 Å². The van der Waals surface area contributed by atoms with Crippen LogP contribution in [-0.4, -0.2) is 10.9 Å². The highest BCUT2D eigenvalue weighted by Crippen LogP contribution is 1.93. The van der Waals surface area contributed by atoms with Gasteiger partial charge in [-0.3, -0.25) is 9.59 Å². The summed E-state index contributed by atoms with van der Waals surface area (Å²) in [7, 11) is 0. The zero-order valence-corrected chi connectivity index (χ0v) is 7.63. The Morgan fingerprint density at radius 1 is 1.64 bits per heavy atom. The summed E-state index contributed by atoms with van der Waals surface area (Å²) in [6.07, 6.45) is 0. The van der Waals surface area contributed by atoms with Gasteiger partial charge in [-0.15, -0.1) is 0 Å². The van der Waals surface area contributed by atoms with Crippen LogP contribution in [0.4, 0.5) is 0 Å². The average molecular weight is 191 g/mol. The number of nitrogens with one attached hydrogen (secondary N) is 2. The molecule has 0 saturated carbocycles. The van der Waals surface area contributed by atoms with Gasteiger partial charge in [0.1, 0.15) is 11.6 Å². The Balaban J connectivity index is 2.83. The van der Waals surface area contributed by atoms with Crippen LogP contribution in [-0.2, 0) is 11.3 Å². The predicted octanol–water partition coefficient (Wildman–Crippen LogP) is -0.117. The maximum atomic E-state index is 11.1. The van der Waals surface area contributed by atoms with Gasteiger partial charge in [0.2, 0.25) is 5.91 Å². The minimum Gasteiger partial charge on any atom is -0.351 e. The first kappa shape index (κ1) is 9.99. The molecular formula is C9H9N3O2. The van der Waals surface area contributed by atoms with Crippen molar-refractivity contribution in [1.82, 2.24) is 10.3 Å². The fourth-order valence-electron chi connectivity index (χ4n) is 0.925. The highest BCUT2D eigenvalue weighted by molar-refractivity contribution is 5.72. The van der Waals surface area contributed by atoms with Crippen LogP contribution in [0.5, 0.6) is 0 Å². The third-order valence-corrected chi connectivity index (χ3v) is 1.62. The van der Waals surface area contributed by atoms with E-state index in [9.17, 15) is 9.59 Å². The van der Waals surface area contributed by atoms with Crippen LogP contribution in [0.25, 0.3) is 0 Å². The molecule has 5 nitrogen and oxygen atoms in total. The van der Waals surface area contributed by atoms with E-state index in [4.69, 9.17) is 5.26 Å². The summed E-state index contributed by atoms with van der Waals surface area (Å²) in [5.41, 5.74) is 0.205. The molecule has 0 aliphatic carbocycles. The molecule has 0 aromatic carbocycles. The molecule has 0 bridgehead atoms. The molecule has 14 heavy (non-hydrogen) atoms. The largest absolute Gasteiger partial charge is 0.351 e. The lowest BCUT2D eigenvalue weighted by atomic mass is 10.2. The second kappa shape index (κ2) is 4.23. The number of aromatic amines is 1. The Labute approximate surface area is 80.4 Å². The van der Waals surface area contributed by atoms with Gasteiger partial charge < -0.3 is 10.3 Å². The van der Waals surface area contributed by atoms with Crippen LogP contribution < -0.4 is 10.9 Å². The van der Waals surface area contributed by atoms with E-state index < -0.39 is 5.56 Å². The van der Waals surface area contributed by atoms with Crippen molar-refractivity contribution < 1.29 is 4.79 Å². The fraction of sp³-hybridized carbons (Fsp3) is 0.222.